The molecule has 1 aliphatic carbocycles. The normalized spacial score (nSPS) is 15.0. The molecule has 0 bridgehead atoms. The number of hydrogen-bond acceptors (Lipinski definition) is 4. The molecule has 0 saturated heterocycles. The van der Waals surface area contributed by atoms with Crippen LogP contribution in [0.2, 0.25) is 0 Å². The summed E-state index contributed by atoms with van der Waals surface area (Å²) in [6, 6.07) is 5.03. The first-order valence-corrected chi connectivity index (χ1v) is 8.37. The first kappa shape index (κ1) is 17.2. The molecule has 1 aromatic rings. The van der Waals surface area contributed by atoms with Crippen molar-refractivity contribution in [3.63, 3.8) is 0 Å². The third-order valence-corrected chi connectivity index (χ3v) is 4.01. The van der Waals surface area contributed by atoms with E-state index in [9.17, 15) is 14.9 Å². The monoisotopic (exact) mass is 319 g/mol. The lowest BCUT2D eigenvalue weighted by atomic mass is 10.1. The Morgan fingerprint density at radius 1 is 1.39 bits per heavy atom. The number of nitrogens with one attached hydrogen (secondary N) is 2. The Bertz CT molecular complexity index is 570. The van der Waals surface area contributed by atoms with Crippen LogP contribution < -0.4 is 10.6 Å². The molecule has 0 spiro atoms. The van der Waals surface area contributed by atoms with Gasteiger partial charge in [-0.25, -0.2) is 0 Å². The minimum Gasteiger partial charge on any atom is -0.377 e. The van der Waals surface area contributed by atoms with Crippen LogP contribution in [0, 0.1) is 10.1 Å². The number of amides is 1. The summed E-state index contributed by atoms with van der Waals surface area (Å²) >= 11 is 0. The lowest BCUT2D eigenvalue weighted by Crippen LogP contribution is -2.32. The average molecular weight is 319 g/mol. The standard InChI is InChI=1S/C17H25N3O3/c1-3-4-5-6-12(2)18-17(21)13-7-10-15(19-14-8-9-14)16(11-13)20(22)23/h7,10-12,14,19H,3-6,8-9H2,1-2H3,(H,18,21). The Labute approximate surface area is 136 Å². The van der Waals surface area contributed by atoms with Gasteiger partial charge in [0, 0.05) is 23.7 Å². The third kappa shape index (κ3) is 5.23. The highest BCUT2D eigenvalue weighted by atomic mass is 16.6. The Hall–Kier alpha value is -2.11. The van der Waals surface area contributed by atoms with Crippen LogP contribution >= 0.6 is 0 Å². The fraction of sp³-hybridized carbons (Fsp3) is 0.588. The number of hydrogen-bond donors (Lipinski definition) is 2. The molecule has 1 fully saturated rings. The maximum Gasteiger partial charge on any atom is 0.293 e. The van der Waals surface area contributed by atoms with Gasteiger partial charge in [0.1, 0.15) is 5.69 Å². The van der Waals surface area contributed by atoms with Gasteiger partial charge in [-0.05, 0) is 38.3 Å². The highest BCUT2D eigenvalue weighted by molar-refractivity contribution is 5.95. The first-order valence-electron chi connectivity index (χ1n) is 8.37. The highest BCUT2D eigenvalue weighted by Gasteiger charge is 2.25. The molecular formula is C17H25N3O3. The lowest BCUT2D eigenvalue weighted by molar-refractivity contribution is -0.384. The smallest absolute Gasteiger partial charge is 0.293 e. The van der Waals surface area contributed by atoms with Crippen molar-refractivity contribution >= 4 is 17.3 Å². The van der Waals surface area contributed by atoms with Crippen molar-refractivity contribution in [3.8, 4) is 0 Å². The number of carbonyl (C=O) groups excluding carboxylic acids is 1. The van der Waals surface area contributed by atoms with E-state index in [2.05, 4.69) is 17.6 Å². The van der Waals surface area contributed by atoms with Crippen molar-refractivity contribution in [1.29, 1.82) is 0 Å². The molecule has 1 amide bonds. The molecule has 0 aromatic heterocycles. The van der Waals surface area contributed by atoms with E-state index >= 15 is 0 Å². The van der Waals surface area contributed by atoms with Crippen molar-refractivity contribution in [2.75, 3.05) is 5.32 Å². The average Bonchev–Trinajstić information content (AvgIpc) is 3.31. The summed E-state index contributed by atoms with van der Waals surface area (Å²) in [5.74, 6) is -0.255. The SMILES string of the molecule is CCCCCC(C)NC(=O)c1ccc(NC2CC2)c([N+](=O)[O-])c1. The minimum atomic E-state index is -0.438. The Morgan fingerprint density at radius 2 is 2.13 bits per heavy atom. The molecule has 1 atom stereocenters. The predicted molar refractivity (Wildman–Crippen MR) is 90.8 cm³/mol. The van der Waals surface area contributed by atoms with Gasteiger partial charge in [0.05, 0.1) is 4.92 Å². The number of nitro groups is 1. The molecule has 2 rings (SSSR count). The van der Waals surface area contributed by atoms with E-state index in [4.69, 9.17) is 0 Å². The largest absolute Gasteiger partial charge is 0.377 e. The summed E-state index contributed by atoms with van der Waals surface area (Å²) in [4.78, 5) is 23.0. The molecule has 1 aromatic carbocycles. The van der Waals surface area contributed by atoms with E-state index in [0.717, 1.165) is 38.5 Å². The van der Waals surface area contributed by atoms with Crippen LogP contribution in [0.15, 0.2) is 18.2 Å². The second-order valence-electron chi connectivity index (χ2n) is 6.28. The van der Waals surface area contributed by atoms with E-state index in [1.54, 1.807) is 12.1 Å². The predicted octanol–water partition coefficient (Wildman–Crippen LogP) is 3.87. The second kappa shape index (κ2) is 7.94. The van der Waals surface area contributed by atoms with Crippen LogP contribution in [0.5, 0.6) is 0 Å². The molecule has 23 heavy (non-hydrogen) atoms. The van der Waals surface area contributed by atoms with E-state index in [-0.39, 0.29) is 17.6 Å². The van der Waals surface area contributed by atoms with Gasteiger partial charge in [-0.1, -0.05) is 26.2 Å². The number of anilines is 1. The lowest BCUT2D eigenvalue weighted by Gasteiger charge is -2.14. The Balaban J connectivity index is 2.01. The summed E-state index contributed by atoms with van der Waals surface area (Å²) < 4.78 is 0. The van der Waals surface area contributed by atoms with Crippen LogP contribution in [0.3, 0.4) is 0 Å². The zero-order valence-electron chi connectivity index (χ0n) is 13.8. The molecule has 1 unspecified atom stereocenters. The summed E-state index contributed by atoms with van der Waals surface area (Å²) in [6.45, 7) is 4.10. The fourth-order valence-electron chi connectivity index (χ4n) is 2.47. The maximum absolute atomic E-state index is 12.3. The van der Waals surface area contributed by atoms with Gasteiger partial charge in [0.2, 0.25) is 0 Å². The van der Waals surface area contributed by atoms with E-state index < -0.39 is 4.92 Å². The van der Waals surface area contributed by atoms with Gasteiger partial charge < -0.3 is 10.6 Å². The Kier molecular flexibility index (Phi) is 5.96. The molecule has 6 heteroatoms. The number of unbranched alkanes of at least 4 members (excludes halogenated alkanes) is 2. The fourth-order valence-corrected chi connectivity index (χ4v) is 2.47. The Morgan fingerprint density at radius 3 is 2.74 bits per heavy atom. The second-order valence-corrected chi connectivity index (χ2v) is 6.28. The molecule has 1 saturated carbocycles. The maximum atomic E-state index is 12.3. The molecular weight excluding hydrogens is 294 g/mol. The van der Waals surface area contributed by atoms with Crippen molar-refractivity contribution in [1.82, 2.24) is 5.32 Å². The minimum absolute atomic E-state index is 0.0387. The van der Waals surface area contributed by atoms with Crippen LogP contribution in [-0.2, 0) is 0 Å². The van der Waals surface area contributed by atoms with Gasteiger partial charge in [-0.3, -0.25) is 14.9 Å². The van der Waals surface area contributed by atoms with Crippen LogP contribution in [0.1, 0.15) is 62.7 Å². The molecule has 1 aliphatic rings. The molecule has 6 nitrogen and oxygen atoms in total. The van der Waals surface area contributed by atoms with Gasteiger partial charge in [0.25, 0.3) is 11.6 Å². The van der Waals surface area contributed by atoms with Crippen LogP contribution in [-0.4, -0.2) is 22.9 Å². The summed E-state index contributed by atoms with van der Waals surface area (Å²) in [5, 5.41) is 17.3. The number of nitrogens with zero attached hydrogens (tertiary/aromatic N) is 1. The summed E-state index contributed by atoms with van der Waals surface area (Å²) in [7, 11) is 0. The van der Waals surface area contributed by atoms with E-state index in [1.165, 1.54) is 6.07 Å². The number of nitro benzene ring substituents is 1. The molecule has 0 aliphatic heterocycles. The van der Waals surface area contributed by atoms with Crippen molar-refractivity contribution in [2.24, 2.45) is 0 Å². The molecule has 0 radical (unpaired) electrons. The van der Waals surface area contributed by atoms with Crippen molar-refractivity contribution < 1.29 is 9.72 Å². The van der Waals surface area contributed by atoms with Crippen molar-refractivity contribution in [2.45, 2.75) is 64.5 Å². The zero-order valence-corrected chi connectivity index (χ0v) is 13.8. The van der Waals surface area contributed by atoms with E-state index in [1.807, 2.05) is 6.92 Å². The van der Waals surface area contributed by atoms with Gasteiger partial charge in [-0.2, -0.15) is 0 Å². The number of rotatable bonds is 9. The van der Waals surface area contributed by atoms with Gasteiger partial charge >= 0.3 is 0 Å². The van der Waals surface area contributed by atoms with Crippen LogP contribution in [0.25, 0.3) is 0 Å². The van der Waals surface area contributed by atoms with Gasteiger partial charge in [-0.15, -0.1) is 0 Å². The summed E-state index contributed by atoms with van der Waals surface area (Å²) in [5.41, 5.74) is 0.786. The topological polar surface area (TPSA) is 84.3 Å². The van der Waals surface area contributed by atoms with E-state index in [0.29, 0.717) is 17.3 Å². The number of carbonyl (C=O) groups is 1. The van der Waals surface area contributed by atoms with Gasteiger partial charge in [0.15, 0.2) is 0 Å². The van der Waals surface area contributed by atoms with Crippen LogP contribution in [0.4, 0.5) is 11.4 Å². The molecule has 2 N–H and O–H groups in total. The van der Waals surface area contributed by atoms with Crippen molar-refractivity contribution in [3.05, 3.63) is 33.9 Å². The molecule has 126 valence electrons. The first-order chi connectivity index (χ1) is 11.0. The third-order valence-electron chi connectivity index (χ3n) is 4.01. The summed E-state index contributed by atoms with van der Waals surface area (Å²) in [6.07, 6.45) is 6.35. The molecule has 0 heterocycles. The quantitative estimate of drug-likeness (QED) is 0.411. The number of benzene rings is 1. The zero-order chi connectivity index (χ0) is 16.8. The highest BCUT2D eigenvalue weighted by Crippen LogP contribution is 2.31.